The number of rotatable bonds is 5. The summed E-state index contributed by atoms with van der Waals surface area (Å²) in [6.45, 7) is 5.05. The van der Waals surface area contributed by atoms with Gasteiger partial charge in [0.1, 0.15) is 5.75 Å². The fourth-order valence-electron chi connectivity index (χ4n) is 1.26. The molecule has 0 bridgehead atoms. The van der Waals surface area contributed by atoms with Crippen LogP contribution in [-0.2, 0) is 4.79 Å². The molecule has 1 atom stereocenters. The lowest BCUT2D eigenvalue weighted by atomic mass is 10.1. The number of aliphatic hydroxyl groups is 1. The quantitative estimate of drug-likeness (QED) is 0.858. The van der Waals surface area contributed by atoms with E-state index in [1.165, 1.54) is 0 Å². The number of amides is 1. The van der Waals surface area contributed by atoms with Crippen molar-refractivity contribution >= 4 is 33.4 Å². The van der Waals surface area contributed by atoms with Crippen molar-refractivity contribution in [2.24, 2.45) is 0 Å². The van der Waals surface area contributed by atoms with Gasteiger partial charge < -0.3 is 15.2 Å². The van der Waals surface area contributed by atoms with Crippen molar-refractivity contribution in [1.82, 2.24) is 5.32 Å². The number of benzene rings is 1. The van der Waals surface area contributed by atoms with Crippen LogP contribution in [0.5, 0.6) is 5.75 Å². The van der Waals surface area contributed by atoms with Gasteiger partial charge in [0.25, 0.3) is 5.91 Å². The van der Waals surface area contributed by atoms with Gasteiger partial charge in [-0.05, 0) is 54.9 Å². The lowest BCUT2D eigenvalue weighted by Gasteiger charge is -2.20. The molecule has 19 heavy (non-hydrogen) atoms. The minimum atomic E-state index is -0.948. The van der Waals surface area contributed by atoms with Crippen LogP contribution in [0.2, 0.25) is 5.02 Å². The Morgan fingerprint density at radius 2 is 2.21 bits per heavy atom. The molecule has 0 aliphatic rings. The first kappa shape index (κ1) is 16.3. The summed E-state index contributed by atoms with van der Waals surface area (Å²) in [6.07, 6.45) is -0.667. The van der Waals surface area contributed by atoms with Gasteiger partial charge in [-0.1, -0.05) is 11.6 Å². The molecule has 0 spiro atoms. The van der Waals surface area contributed by atoms with Crippen LogP contribution in [0, 0.1) is 0 Å². The zero-order chi connectivity index (χ0) is 14.6. The summed E-state index contributed by atoms with van der Waals surface area (Å²) in [5.41, 5.74) is -0.948. The summed E-state index contributed by atoms with van der Waals surface area (Å²) < 4.78 is 6.21. The molecule has 0 heterocycles. The summed E-state index contributed by atoms with van der Waals surface area (Å²) in [6, 6.07) is 5.06. The molecule has 0 radical (unpaired) electrons. The third kappa shape index (κ3) is 5.80. The Morgan fingerprint density at radius 1 is 1.58 bits per heavy atom. The van der Waals surface area contributed by atoms with Gasteiger partial charge in [-0.25, -0.2) is 0 Å². The van der Waals surface area contributed by atoms with Crippen molar-refractivity contribution < 1.29 is 14.6 Å². The minimum absolute atomic E-state index is 0.168. The number of ether oxygens (including phenoxy) is 1. The highest BCUT2D eigenvalue weighted by Gasteiger charge is 2.19. The summed E-state index contributed by atoms with van der Waals surface area (Å²) in [5.74, 6) is 0.249. The Labute approximate surface area is 126 Å². The molecule has 2 N–H and O–H groups in total. The molecule has 0 aliphatic carbocycles. The summed E-state index contributed by atoms with van der Waals surface area (Å²) >= 11 is 9.14. The third-order valence-corrected chi connectivity index (χ3v) is 3.12. The molecular formula is C13H17BrClNO3. The predicted octanol–water partition coefficient (Wildman–Crippen LogP) is 2.76. The van der Waals surface area contributed by atoms with E-state index in [1.807, 2.05) is 0 Å². The molecule has 6 heteroatoms. The van der Waals surface area contributed by atoms with Gasteiger partial charge in [0.15, 0.2) is 6.10 Å². The SMILES string of the molecule is CC(Oc1ccc(Cl)cc1Br)C(=O)NCC(C)(C)O. The molecule has 1 amide bonds. The van der Waals surface area contributed by atoms with E-state index in [0.29, 0.717) is 15.2 Å². The molecule has 0 aliphatic heterocycles. The monoisotopic (exact) mass is 349 g/mol. The maximum Gasteiger partial charge on any atom is 0.260 e. The Bertz CT molecular complexity index is 460. The second-order valence-corrected chi connectivity index (χ2v) is 6.16. The number of hydrogen-bond donors (Lipinski definition) is 2. The number of nitrogens with one attached hydrogen (secondary N) is 1. The van der Waals surface area contributed by atoms with E-state index in [4.69, 9.17) is 16.3 Å². The third-order valence-electron chi connectivity index (χ3n) is 2.26. The zero-order valence-corrected chi connectivity index (χ0v) is 13.4. The largest absolute Gasteiger partial charge is 0.480 e. The van der Waals surface area contributed by atoms with Crippen LogP contribution in [-0.4, -0.2) is 29.3 Å². The Hall–Kier alpha value is -0.780. The molecule has 0 fully saturated rings. The van der Waals surface area contributed by atoms with Crippen LogP contribution in [0.1, 0.15) is 20.8 Å². The fourth-order valence-corrected chi connectivity index (χ4v) is 2.04. The number of hydrogen-bond acceptors (Lipinski definition) is 3. The van der Waals surface area contributed by atoms with Crippen LogP contribution in [0.25, 0.3) is 0 Å². The highest BCUT2D eigenvalue weighted by molar-refractivity contribution is 9.10. The molecule has 0 aromatic heterocycles. The van der Waals surface area contributed by atoms with Crippen molar-refractivity contribution in [1.29, 1.82) is 0 Å². The normalized spacial score (nSPS) is 12.9. The van der Waals surface area contributed by atoms with E-state index in [0.717, 1.165) is 0 Å². The summed E-state index contributed by atoms with van der Waals surface area (Å²) in [5, 5.41) is 12.7. The second kappa shape index (κ2) is 6.59. The first-order chi connectivity index (χ1) is 8.69. The average molecular weight is 351 g/mol. The van der Waals surface area contributed by atoms with Crippen molar-refractivity contribution in [3.8, 4) is 5.75 Å². The van der Waals surface area contributed by atoms with Crippen LogP contribution in [0.4, 0.5) is 0 Å². The van der Waals surface area contributed by atoms with Gasteiger partial charge in [0, 0.05) is 11.6 Å². The molecule has 106 valence electrons. The zero-order valence-electron chi connectivity index (χ0n) is 11.0. The van der Waals surface area contributed by atoms with E-state index in [2.05, 4.69) is 21.2 Å². The highest BCUT2D eigenvalue weighted by Crippen LogP contribution is 2.28. The standard InChI is InChI=1S/C13H17BrClNO3/c1-8(12(17)16-7-13(2,3)18)19-11-5-4-9(15)6-10(11)14/h4-6,8,18H,7H2,1-3H3,(H,16,17). The maximum atomic E-state index is 11.8. The van der Waals surface area contributed by atoms with Crippen molar-refractivity contribution in [3.05, 3.63) is 27.7 Å². The van der Waals surface area contributed by atoms with E-state index < -0.39 is 11.7 Å². The lowest BCUT2D eigenvalue weighted by molar-refractivity contribution is -0.128. The van der Waals surface area contributed by atoms with Crippen molar-refractivity contribution in [2.75, 3.05) is 6.54 Å². The van der Waals surface area contributed by atoms with Gasteiger partial charge >= 0.3 is 0 Å². The van der Waals surface area contributed by atoms with E-state index in [-0.39, 0.29) is 12.5 Å². The summed E-state index contributed by atoms with van der Waals surface area (Å²) in [7, 11) is 0. The number of carbonyl (C=O) groups is 1. The highest BCUT2D eigenvalue weighted by atomic mass is 79.9. The molecule has 0 saturated carbocycles. The predicted molar refractivity (Wildman–Crippen MR) is 78.5 cm³/mol. The fraction of sp³-hybridized carbons (Fsp3) is 0.462. The molecule has 4 nitrogen and oxygen atoms in total. The molecule has 1 aromatic rings. The average Bonchev–Trinajstić information content (AvgIpc) is 2.28. The van der Waals surface area contributed by atoms with Crippen LogP contribution < -0.4 is 10.1 Å². The Balaban J connectivity index is 2.59. The molecule has 0 saturated heterocycles. The minimum Gasteiger partial charge on any atom is -0.480 e. The first-order valence-corrected chi connectivity index (χ1v) is 6.98. The molecule has 1 rings (SSSR count). The molecule has 1 aromatic carbocycles. The van der Waals surface area contributed by atoms with E-state index in [9.17, 15) is 9.90 Å². The van der Waals surface area contributed by atoms with Gasteiger partial charge in [0.05, 0.1) is 10.1 Å². The van der Waals surface area contributed by atoms with Gasteiger partial charge in [0.2, 0.25) is 0 Å². The topological polar surface area (TPSA) is 58.6 Å². The van der Waals surface area contributed by atoms with E-state index in [1.54, 1.807) is 39.0 Å². The Morgan fingerprint density at radius 3 is 2.74 bits per heavy atom. The van der Waals surface area contributed by atoms with Crippen LogP contribution >= 0.6 is 27.5 Å². The van der Waals surface area contributed by atoms with Crippen LogP contribution in [0.3, 0.4) is 0 Å². The van der Waals surface area contributed by atoms with E-state index >= 15 is 0 Å². The number of carbonyl (C=O) groups excluding carboxylic acids is 1. The Kier molecular flexibility index (Phi) is 5.64. The van der Waals surface area contributed by atoms with Gasteiger partial charge in [-0.2, -0.15) is 0 Å². The smallest absolute Gasteiger partial charge is 0.260 e. The van der Waals surface area contributed by atoms with Gasteiger partial charge in [-0.3, -0.25) is 4.79 Å². The molecular weight excluding hydrogens is 334 g/mol. The molecule has 1 unspecified atom stereocenters. The van der Waals surface area contributed by atoms with Crippen molar-refractivity contribution in [3.63, 3.8) is 0 Å². The first-order valence-electron chi connectivity index (χ1n) is 5.81. The lowest BCUT2D eigenvalue weighted by Crippen LogP contribution is -2.43. The van der Waals surface area contributed by atoms with Crippen molar-refractivity contribution in [2.45, 2.75) is 32.5 Å². The number of halogens is 2. The van der Waals surface area contributed by atoms with Gasteiger partial charge in [-0.15, -0.1) is 0 Å². The second-order valence-electron chi connectivity index (χ2n) is 4.87. The maximum absolute atomic E-state index is 11.8. The van der Waals surface area contributed by atoms with Crippen LogP contribution in [0.15, 0.2) is 22.7 Å². The summed E-state index contributed by atoms with van der Waals surface area (Å²) in [4.78, 5) is 11.8.